The third kappa shape index (κ3) is 3.73. The van der Waals surface area contributed by atoms with Crippen LogP contribution in [0.15, 0.2) is 24.3 Å². The summed E-state index contributed by atoms with van der Waals surface area (Å²) in [7, 11) is 4.96. The van der Waals surface area contributed by atoms with Crippen molar-refractivity contribution in [1.29, 1.82) is 0 Å². The van der Waals surface area contributed by atoms with E-state index in [-0.39, 0.29) is 5.91 Å². The van der Waals surface area contributed by atoms with E-state index in [1.807, 2.05) is 13.1 Å². The van der Waals surface area contributed by atoms with E-state index in [1.165, 1.54) is 9.75 Å². The van der Waals surface area contributed by atoms with E-state index >= 15 is 0 Å². The van der Waals surface area contributed by atoms with Crippen LogP contribution in [0, 0.1) is 10.5 Å². The standard InChI is InChI=1S/C16H18INO3S/c1-10-5-6-11(22-10)9-18(2)16(19)12-7-14(20-3)15(21-4)8-13(12)17/h5-8H,9H2,1-4H3. The summed E-state index contributed by atoms with van der Waals surface area (Å²) in [6, 6.07) is 7.68. The molecule has 4 nitrogen and oxygen atoms in total. The van der Waals surface area contributed by atoms with E-state index < -0.39 is 0 Å². The minimum absolute atomic E-state index is 0.0311. The third-order valence-electron chi connectivity index (χ3n) is 3.24. The van der Waals surface area contributed by atoms with Crippen LogP contribution in [0.4, 0.5) is 0 Å². The normalized spacial score (nSPS) is 10.4. The van der Waals surface area contributed by atoms with Crippen molar-refractivity contribution in [3.8, 4) is 11.5 Å². The van der Waals surface area contributed by atoms with Crippen molar-refractivity contribution < 1.29 is 14.3 Å². The number of amides is 1. The molecule has 0 aliphatic carbocycles. The largest absolute Gasteiger partial charge is 0.493 e. The Morgan fingerprint density at radius 1 is 1.23 bits per heavy atom. The Kier molecular flexibility index (Phi) is 5.69. The Hall–Kier alpha value is -1.28. The molecule has 0 unspecified atom stereocenters. The van der Waals surface area contributed by atoms with Crippen LogP contribution in [0.1, 0.15) is 20.1 Å². The molecule has 0 fully saturated rings. The van der Waals surface area contributed by atoms with Crippen molar-refractivity contribution in [3.05, 3.63) is 43.2 Å². The van der Waals surface area contributed by atoms with Gasteiger partial charge in [0.2, 0.25) is 0 Å². The van der Waals surface area contributed by atoms with Gasteiger partial charge in [-0.25, -0.2) is 0 Å². The number of hydrogen-bond donors (Lipinski definition) is 0. The van der Waals surface area contributed by atoms with Crippen LogP contribution in [0.2, 0.25) is 0 Å². The number of ether oxygens (including phenoxy) is 2. The van der Waals surface area contributed by atoms with Crippen molar-refractivity contribution in [2.24, 2.45) is 0 Å². The summed E-state index contributed by atoms with van der Waals surface area (Å²) in [6.45, 7) is 2.66. The minimum Gasteiger partial charge on any atom is -0.493 e. The van der Waals surface area contributed by atoms with Crippen LogP contribution in [0.3, 0.4) is 0 Å². The summed E-state index contributed by atoms with van der Waals surface area (Å²) in [5.74, 6) is 1.16. The zero-order valence-corrected chi connectivity index (χ0v) is 15.9. The molecule has 0 aliphatic rings. The molecule has 0 atom stereocenters. The summed E-state index contributed by atoms with van der Waals surface area (Å²) in [5.41, 5.74) is 0.619. The lowest BCUT2D eigenvalue weighted by Crippen LogP contribution is -2.26. The van der Waals surface area contributed by atoms with Gasteiger partial charge in [-0.15, -0.1) is 11.3 Å². The third-order valence-corrected chi connectivity index (χ3v) is 5.12. The summed E-state index contributed by atoms with van der Waals surface area (Å²) in [5, 5.41) is 0. The summed E-state index contributed by atoms with van der Waals surface area (Å²) in [6.07, 6.45) is 0. The van der Waals surface area contributed by atoms with Gasteiger partial charge in [0.05, 0.1) is 26.3 Å². The fourth-order valence-corrected chi connectivity index (χ4v) is 3.71. The van der Waals surface area contributed by atoms with Crippen molar-refractivity contribution in [1.82, 2.24) is 4.90 Å². The molecule has 0 saturated heterocycles. The number of nitrogens with zero attached hydrogens (tertiary/aromatic N) is 1. The van der Waals surface area contributed by atoms with Gasteiger partial charge in [0, 0.05) is 20.4 Å². The van der Waals surface area contributed by atoms with Gasteiger partial charge in [-0.2, -0.15) is 0 Å². The Morgan fingerprint density at radius 3 is 2.41 bits per heavy atom. The minimum atomic E-state index is -0.0311. The lowest BCUT2D eigenvalue weighted by molar-refractivity contribution is 0.0785. The van der Waals surface area contributed by atoms with Crippen LogP contribution in [-0.2, 0) is 6.54 Å². The molecular weight excluding hydrogens is 413 g/mol. The lowest BCUT2D eigenvalue weighted by atomic mass is 10.1. The second-order valence-electron chi connectivity index (χ2n) is 4.86. The zero-order chi connectivity index (χ0) is 16.3. The number of rotatable bonds is 5. The van der Waals surface area contributed by atoms with Gasteiger partial charge in [-0.05, 0) is 53.8 Å². The van der Waals surface area contributed by atoms with Crippen molar-refractivity contribution >= 4 is 39.8 Å². The molecule has 0 spiro atoms. The molecule has 0 aliphatic heterocycles. The molecule has 118 valence electrons. The summed E-state index contributed by atoms with van der Waals surface area (Å²) >= 11 is 3.85. The van der Waals surface area contributed by atoms with E-state index in [9.17, 15) is 4.79 Å². The Balaban J connectivity index is 2.24. The Morgan fingerprint density at radius 2 is 1.86 bits per heavy atom. The molecule has 6 heteroatoms. The highest BCUT2D eigenvalue weighted by molar-refractivity contribution is 14.1. The molecule has 0 saturated carbocycles. The quantitative estimate of drug-likeness (QED) is 0.674. The topological polar surface area (TPSA) is 38.8 Å². The van der Waals surface area contributed by atoms with Gasteiger partial charge in [0.1, 0.15) is 0 Å². The molecule has 1 amide bonds. The number of hydrogen-bond acceptors (Lipinski definition) is 4. The van der Waals surface area contributed by atoms with Crippen molar-refractivity contribution in [2.45, 2.75) is 13.5 Å². The average molecular weight is 431 g/mol. The molecule has 0 bridgehead atoms. The smallest absolute Gasteiger partial charge is 0.255 e. The number of aryl methyl sites for hydroxylation is 1. The van der Waals surface area contributed by atoms with Crippen LogP contribution in [0.5, 0.6) is 11.5 Å². The highest BCUT2D eigenvalue weighted by atomic mass is 127. The highest BCUT2D eigenvalue weighted by Crippen LogP contribution is 2.32. The summed E-state index contributed by atoms with van der Waals surface area (Å²) < 4.78 is 11.4. The molecule has 1 aromatic heterocycles. The van der Waals surface area contributed by atoms with Gasteiger partial charge in [-0.3, -0.25) is 4.79 Å². The Bertz CT molecular complexity index is 684. The number of carbonyl (C=O) groups is 1. The van der Waals surface area contributed by atoms with E-state index in [0.717, 1.165) is 3.57 Å². The van der Waals surface area contributed by atoms with E-state index in [1.54, 1.807) is 36.5 Å². The lowest BCUT2D eigenvalue weighted by Gasteiger charge is -2.18. The maximum Gasteiger partial charge on any atom is 0.255 e. The first kappa shape index (κ1) is 17.1. The first-order chi connectivity index (χ1) is 10.5. The molecule has 2 aromatic rings. The number of methoxy groups -OCH3 is 2. The van der Waals surface area contributed by atoms with E-state index in [0.29, 0.717) is 23.6 Å². The number of benzene rings is 1. The zero-order valence-electron chi connectivity index (χ0n) is 13.0. The molecule has 0 radical (unpaired) electrons. The van der Waals surface area contributed by atoms with E-state index in [2.05, 4.69) is 41.6 Å². The molecule has 2 rings (SSSR count). The van der Waals surface area contributed by atoms with E-state index in [4.69, 9.17) is 9.47 Å². The van der Waals surface area contributed by atoms with Gasteiger partial charge in [0.25, 0.3) is 5.91 Å². The van der Waals surface area contributed by atoms with Gasteiger partial charge >= 0.3 is 0 Å². The first-order valence-corrected chi connectivity index (χ1v) is 8.58. The Labute approximate surface area is 148 Å². The predicted molar refractivity (Wildman–Crippen MR) is 97.1 cm³/mol. The number of halogens is 1. The molecule has 1 aromatic carbocycles. The molecule has 22 heavy (non-hydrogen) atoms. The SMILES string of the molecule is COc1cc(I)c(C(=O)N(C)Cc2ccc(C)s2)cc1OC. The number of thiophene rings is 1. The second-order valence-corrected chi connectivity index (χ2v) is 7.40. The number of carbonyl (C=O) groups excluding carboxylic acids is 1. The first-order valence-electron chi connectivity index (χ1n) is 6.68. The van der Waals surface area contributed by atoms with Crippen LogP contribution in [-0.4, -0.2) is 32.1 Å². The van der Waals surface area contributed by atoms with Crippen LogP contribution in [0.25, 0.3) is 0 Å². The second kappa shape index (κ2) is 7.32. The molecular formula is C16H18INO3S. The van der Waals surface area contributed by atoms with Crippen molar-refractivity contribution in [3.63, 3.8) is 0 Å². The van der Waals surface area contributed by atoms with Crippen LogP contribution >= 0.6 is 33.9 Å². The average Bonchev–Trinajstić information content (AvgIpc) is 2.91. The van der Waals surface area contributed by atoms with Gasteiger partial charge < -0.3 is 14.4 Å². The fraction of sp³-hybridized carbons (Fsp3) is 0.312. The fourth-order valence-electron chi connectivity index (χ4n) is 2.10. The maximum absolute atomic E-state index is 12.7. The van der Waals surface area contributed by atoms with Gasteiger partial charge in [0.15, 0.2) is 11.5 Å². The monoisotopic (exact) mass is 431 g/mol. The summed E-state index contributed by atoms with van der Waals surface area (Å²) in [4.78, 5) is 16.8. The molecule has 0 N–H and O–H groups in total. The maximum atomic E-state index is 12.7. The van der Waals surface area contributed by atoms with Crippen LogP contribution < -0.4 is 9.47 Å². The van der Waals surface area contributed by atoms with Gasteiger partial charge in [-0.1, -0.05) is 0 Å². The van der Waals surface area contributed by atoms with Crippen molar-refractivity contribution in [2.75, 3.05) is 21.3 Å². The highest BCUT2D eigenvalue weighted by Gasteiger charge is 2.19. The molecule has 1 heterocycles. The predicted octanol–water partition coefficient (Wildman–Crippen LogP) is 3.95.